The highest BCUT2D eigenvalue weighted by molar-refractivity contribution is 7.90. The van der Waals surface area contributed by atoms with Crippen LogP contribution in [0.25, 0.3) is 0 Å². The van der Waals surface area contributed by atoms with E-state index in [0.717, 1.165) is 11.1 Å². The third-order valence-electron chi connectivity index (χ3n) is 4.55. The maximum atomic E-state index is 12.5. The van der Waals surface area contributed by atoms with E-state index in [1.54, 1.807) is 31.2 Å². The van der Waals surface area contributed by atoms with Crippen LogP contribution in [0.2, 0.25) is 0 Å². The molecular formula is C22H29NO4S. The van der Waals surface area contributed by atoms with Gasteiger partial charge in [-0.2, -0.15) is 0 Å². The monoisotopic (exact) mass is 403 g/mol. The van der Waals surface area contributed by atoms with E-state index in [-0.39, 0.29) is 22.3 Å². The fraction of sp³-hybridized carbons (Fsp3) is 0.409. The lowest BCUT2D eigenvalue weighted by atomic mass is 9.87. The van der Waals surface area contributed by atoms with E-state index in [4.69, 9.17) is 4.74 Å². The molecule has 1 amide bonds. The van der Waals surface area contributed by atoms with Crippen molar-refractivity contribution in [2.45, 2.75) is 57.1 Å². The van der Waals surface area contributed by atoms with Crippen molar-refractivity contribution in [3.63, 3.8) is 0 Å². The van der Waals surface area contributed by atoms with Crippen LogP contribution in [0.15, 0.2) is 53.4 Å². The lowest BCUT2D eigenvalue weighted by molar-refractivity contribution is -0.127. The van der Waals surface area contributed by atoms with Crippen LogP contribution in [0.1, 0.15) is 51.8 Å². The predicted octanol–water partition coefficient (Wildman–Crippen LogP) is 4.03. The predicted molar refractivity (Wildman–Crippen MR) is 111 cm³/mol. The SMILES string of the molecule is CC(Oc1cccc(C(C)(C)C)c1)C(=O)NC(C)c1ccc(S(C)(=O)=O)cc1. The zero-order valence-corrected chi connectivity index (χ0v) is 18.1. The minimum absolute atomic E-state index is 0.00247. The van der Waals surface area contributed by atoms with Crippen LogP contribution >= 0.6 is 0 Å². The molecule has 0 aliphatic rings. The molecule has 0 aliphatic carbocycles. The highest BCUT2D eigenvalue weighted by Crippen LogP contribution is 2.26. The summed E-state index contributed by atoms with van der Waals surface area (Å²) in [7, 11) is -3.24. The van der Waals surface area contributed by atoms with Crippen molar-refractivity contribution in [3.05, 3.63) is 59.7 Å². The highest BCUT2D eigenvalue weighted by atomic mass is 32.2. The molecular weight excluding hydrogens is 374 g/mol. The Hall–Kier alpha value is -2.34. The Balaban J connectivity index is 2.02. The Labute approximate surface area is 168 Å². The highest BCUT2D eigenvalue weighted by Gasteiger charge is 2.20. The maximum absolute atomic E-state index is 12.5. The van der Waals surface area contributed by atoms with Gasteiger partial charge in [-0.1, -0.05) is 45.0 Å². The summed E-state index contributed by atoms with van der Waals surface area (Å²) in [6, 6.07) is 14.0. The summed E-state index contributed by atoms with van der Waals surface area (Å²) in [4.78, 5) is 12.8. The van der Waals surface area contributed by atoms with Crippen molar-refractivity contribution < 1.29 is 17.9 Å². The molecule has 0 saturated heterocycles. The average Bonchev–Trinajstić information content (AvgIpc) is 2.60. The average molecular weight is 404 g/mol. The minimum atomic E-state index is -3.24. The van der Waals surface area contributed by atoms with E-state index >= 15 is 0 Å². The van der Waals surface area contributed by atoms with Gasteiger partial charge in [0, 0.05) is 6.26 Å². The molecule has 0 bridgehead atoms. The number of hydrogen-bond donors (Lipinski definition) is 1. The Morgan fingerprint density at radius 3 is 2.18 bits per heavy atom. The van der Waals surface area contributed by atoms with Gasteiger partial charge in [-0.3, -0.25) is 4.79 Å². The van der Waals surface area contributed by atoms with Crippen LogP contribution in [0, 0.1) is 0 Å². The summed E-state index contributed by atoms with van der Waals surface area (Å²) in [5, 5.41) is 2.91. The van der Waals surface area contributed by atoms with E-state index in [1.807, 2.05) is 31.2 Å². The van der Waals surface area contributed by atoms with E-state index in [0.29, 0.717) is 5.75 Å². The van der Waals surface area contributed by atoms with E-state index in [9.17, 15) is 13.2 Å². The van der Waals surface area contributed by atoms with Crippen LogP contribution in [0.4, 0.5) is 0 Å². The first-order chi connectivity index (χ1) is 12.9. The molecule has 1 N–H and O–H groups in total. The molecule has 6 heteroatoms. The Bertz CT molecular complexity index is 928. The fourth-order valence-electron chi connectivity index (χ4n) is 2.71. The maximum Gasteiger partial charge on any atom is 0.261 e. The second-order valence-electron chi connectivity index (χ2n) is 8.11. The van der Waals surface area contributed by atoms with E-state index in [2.05, 4.69) is 26.1 Å². The van der Waals surface area contributed by atoms with Gasteiger partial charge in [-0.05, 0) is 54.7 Å². The van der Waals surface area contributed by atoms with Gasteiger partial charge in [-0.25, -0.2) is 8.42 Å². The first-order valence-corrected chi connectivity index (χ1v) is 11.1. The van der Waals surface area contributed by atoms with Crippen molar-refractivity contribution >= 4 is 15.7 Å². The summed E-state index contributed by atoms with van der Waals surface area (Å²) < 4.78 is 28.9. The van der Waals surface area contributed by atoms with Gasteiger partial charge in [0.2, 0.25) is 0 Å². The van der Waals surface area contributed by atoms with Crippen LogP contribution in [-0.4, -0.2) is 26.7 Å². The summed E-state index contributed by atoms with van der Waals surface area (Å²) in [6.07, 6.45) is 0.508. The largest absolute Gasteiger partial charge is 0.481 e. The van der Waals surface area contributed by atoms with Gasteiger partial charge in [-0.15, -0.1) is 0 Å². The van der Waals surface area contributed by atoms with E-state index in [1.165, 1.54) is 6.26 Å². The van der Waals surface area contributed by atoms with Gasteiger partial charge in [0.1, 0.15) is 5.75 Å². The third kappa shape index (κ3) is 5.83. The normalized spacial score (nSPS) is 14.2. The number of benzene rings is 2. The Morgan fingerprint density at radius 2 is 1.64 bits per heavy atom. The molecule has 0 aromatic heterocycles. The first kappa shape index (κ1) is 22.0. The second-order valence-corrected chi connectivity index (χ2v) is 10.1. The van der Waals surface area contributed by atoms with Crippen LogP contribution < -0.4 is 10.1 Å². The van der Waals surface area contributed by atoms with Gasteiger partial charge < -0.3 is 10.1 Å². The number of sulfone groups is 1. The molecule has 0 aliphatic heterocycles. The molecule has 2 aromatic carbocycles. The lowest BCUT2D eigenvalue weighted by Crippen LogP contribution is -2.37. The number of amides is 1. The van der Waals surface area contributed by atoms with Gasteiger partial charge in [0.05, 0.1) is 10.9 Å². The van der Waals surface area contributed by atoms with Crippen molar-refractivity contribution in [1.82, 2.24) is 5.32 Å². The molecule has 28 heavy (non-hydrogen) atoms. The molecule has 152 valence electrons. The number of hydrogen-bond acceptors (Lipinski definition) is 4. The third-order valence-corrected chi connectivity index (χ3v) is 5.68. The number of carbonyl (C=O) groups excluding carboxylic acids is 1. The van der Waals surface area contributed by atoms with Crippen molar-refractivity contribution in [2.75, 3.05) is 6.26 Å². The number of carbonyl (C=O) groups is 1. The van der Waals surface area contributed by atoms with Crippen LogP contribution in [0.5, 0.6) is 5.75 Å². The summed E-state index contributed by atoms with van der Waals surface area (Å²) in [5.41, 5.74) is 1.96. The Morgan fingerprint density at radius 1 is 1.04 bits per heavy atom. The first-order valence-electron chi connectivity index (χ1n) is 9.25. The molecule has 2 unspecified atom stereocenters. The zero-order valence-electron chi connectivity index (χ0n) is 17.3. The quantitative estimate of drug-likeness (QED) is 0.790. The van der Waals surface area contributed by atoms with Crippen molar-refractivity contribution in [2.24, 2.45) is 0 Å². The molecule has 2 aromatic rings. The molecule has 2 atom stereocenters. The zero-order chi connectivity index (χ0) is 21.1. The standard InChI is InChI=1S/C22H29NO4S/c1-15(17-10-12-20(13-11-17)28(6,25)26)23-21(24)16(2)27-19-9-7-8-18(14-19)22(3,4)5/h7-16H,1-6H3,(H,23,24). The molecule has 5 nitrogen and oxygen atoms in total. The van der Waals surface area contributed by atoms with Crippen LogP contribution in [0.3, 0.4) is 0 Å². The topological polar surface area (TPSA) is 72.5 Å². The summed E-state index contributed by atoms with van der Waals surface area (Å²) in [6.45, 7) is 9.93. The second kappa shape index (κ2) is 8.35. The van der Waals surface area contributed by atoms with Gasteiger partial charge >= 0.3 is 0 Å². The molecule has 0 fully saturated rings. The van der Waals surface area contributed by atoms with Crippen molar-refractivity contribution in [1.29, 1.82) is 0 Å². The van der Waals surface area contributed by atoms with Gasteiger partial charge in [0.25, 0.3) is 5.91 Å². The number of nitrogens with one attached hydrogen (secondary N) is 1. The lowest BCUT2D eigenvalue weighted by Gasteiger charge is -2.22. The van der Waals surface area contributed by atoms with Crippen molar-refractivity contribution in [3.8, 4) is 5.75 Å². The summed E-state index contributed by atoms with van der Waals surface area (Å²) >= 11 is 0. The Kier molecular flexibility index (Phi) is 6.55. The summed E-state index contributed by atoms with van der Waals surface area (Å²) in [5.74, 6) is 0.418. The molecule has 0 saturated carbocycles. The fourth-order valence-corrected chi connectivity index (χ4v) is 3.34. The molecule has 0 radical (unpaired) electrons. The molecule has 0 heterocycles. The number of ether oxygens (including phenoxy) is 1. The molecule has 0 spiro atoms. The number of rotatable bonds is 6. The van der Waals surface area contributed by atoms with Gasteiger partial charge in [0.15, 0.2) is 15.9 Å². The van der Waals surface area contributed by atoms with Crippen LogP contribution in [-0.2, 0) is 20.0 Å². The minimum Gasteiger partial charge on any atom is -0.481 e. The molecule has 2 rings (SSSR count). The smallest absolute Gasteiger partial charge is 0.261 e. The van der Waals surface area contributed by atoms with E-state index < -0.39 is 15.9 Å².